The van der Waals surface area contributed by atoms with Crippen LogP contribution in [0.2, 0.25) is 5.15 Å². The highest BCUT2D eigenvalue weighted by Gasteiger charge is 2.58. The summed E-state index contributed by atoms with van der Waals surface area (Å²) < 4.78 is 18.8. The standard InChI is InChI=1S/C13H13ClN4O5/c1-13(2)22-6-7(23-13)11(21-8(6)12(19)20)18-4-17-5-9(14)15-3-16-10(5)18/h3-4,6-8,11H,1-2H3,(H,19,20)/t6?,7-,8+,11-/m1/s1. The number of rotatable bonds is 2. The van der Waals surface area contributed by atoms with E-state index in [0.29, 0.717) is 11.2 Å². The molecule has 2 aliphatic rings. The summed E-state index contributed by atoms with van der Waals surface area (Å²) in [6.07, 6.45) is -0.411. The third-order valence-electron chi connectivity index (χ3n) is 3.86. The van der Waals surface area contributed by atoms with Crippen molar-refractivity contribution in [1.82, 2.24) is 19.5 Å². The summed E-state index contributed by atoms with van der Waals surface area (Å²) in [4.78, 5) is 23.6. The van der Waals surface area contributed by atoms with Crippen LogP contribution in [0.25, 0.3) is 11.2 Å². The van der Waals surface area contributed by atoms with Gasteiger partial charge in [0.1, 0.15) is 24.1 Å². The predicted molar refractivity (Wildman–Crippen MR) is 75.7 cm³/mol. The van der Waals surface area contributed by atoms with Crippen molar-refractivity contribution in [2.75, 3.05) is 0 Å². The Balaban J connectivity index is 1.78. The lowest BCUT2D eigenvalue weighted by atomic mass is 10.1. The first-order chi connectivity index (χ1) is 10.9. The maximum Gasteiger partial charge on any atom is 0.335 e. The zero-order valence-corrected chi connectivity index (χ0v) is 13.0. The minimum atomic E-state index is -1.14. The van der Waals surface area contributed by atoms with Gasteiger partial charge in [-0.2, -0.15) is 0 Å². The fourth-order valence-corrected chi connectivity index (χ4v) is 3.19. The van der Waals surface area contributed by atoms with E-state index >= 15 is 0 Å². The van der Waals surface area contributed by atoms with E-state index in [1.807, 2.05) is 0 Å². The van der Waals surface area contributed by atoms with Crippen LogP contribution >= 0.6 is 11.6 Å². The molecule has 2 fully saturated rings. The fourth-order valence-electron chi connectivity index (χ4n) is 3.01. The summed E-state index contributed by atoms with van der Waals surface area (Å²) in [5.74, 6) is -2.01. The Morgan fingerprint density at radius 3 is 2.78 bits per heavy atom. The number of halogens is 1. The number of carboxylic acid groups (broad SMARTS) is 1. The van der Waals surface area contributed by atoms with Gasteiger partial charge in [-0.25, -0.2) is 19.7 Å². The van der Waals surface area contributed by atoms with Crippen LogP contribution in [-0.4, -0.2) is 54.7 Å². The van der Waals surface area contributed by atoms with Gasteiger partial charge in [0.25, 0.3) is 0 Å². The smallest absolute Gasteiger partial charge is 0.335 e. The third kappa shape index (κ3) is 2.19. The van der Waals surface area contributed by atoms with E-state index in [-0.39, 0.29) is 5.15 Å². The molecule has 0 amide bonds. The molecule has 10 heteroatoms. The van der Waals surface area contributed by atoms with E-state index in [4.69, 9.17) is 25.8 Å². The molecule has 0 spiro atoms. The second-order valence-electron chi connectivity index (χ2n) is 5.84. The van der Waals surface area contributed by atoms with Gasteiger partial charge >= 0.3 is 5.97 Å². The number of aromatic nitrogens is 4. The van der Waals surface area contributed by atoms with Crippen molar-refractivity contribution in [3.63, 3.8) is 0 Å². The lowest BCUT2D eigenvalue weighted by molar-refractivity contribution is -0.202. The molecule has 9 nitrogen and oxygen atoms in total. The van der Waals surface area contributed by atoms with Crippen molar-refractivity contribution in [2.24, 2.45) is 0 Å². The summed E-state index contributed by atoms with van der Waals surface area (Å²) in [7, 11) is 0. The lowest BCUT2D eigenvalue weighted by Gasteiger charge is -2.23. The third-order valence-corrected chi connectivity index (χ3v) is 4.14. The number of carbonyl (C=O) groups is 1. The molecular weight excluding hydrogens is 328 g/mol. The van der Waals surface area contributed by atoms with E-state index in [9.17, 15) is 9.90 Å². The average Bonchev–Trinajstić information content (AvgIpc) is 3.09. The van der Waals surface area contributed by atoms with E-state index < -0.39 is 36.3 Å². The van der Waals surface area contributed by atoms with E-state index in [1.165, 1.54) is 12.7 Å². The van der Waals surface area contributed by atoms with Crippen LogP contribution < -0.4 is 0 Å². The number of carboxylic acids is 1. The summed E-state index contributed by atoms with van der Waals surface area (Å²) in [6.45, 7) is 3.46. The van der Waals surface area contributed by atoms with Gasteiger partial charge in [0.2, 0.25) is 0 Å². The number of ether oxygens (including phenoxy) is 3. The van der Waals surface area contributed by atoms with Crippen LogP contribution in [0.1, 0.15) is 20.1 Å². The summed E-state index contributed by atoms with van der Waals surface area (Å²) in [5.41, 5.74) is 0.847. The molecule has 2 aromatic heterocycles. The first-order valence-corrected chi connectivity index (χ1v) is 7.32. The highest BCUT2D eigenvalue weighted by molar-refractivity contribution is 6.33. The van der Waals surface area contributed by atoms with Crippen LogP contribution in [0, 0.1) is 0 Å². The Bertz CT molecular complexity index is 794. The molecule has 2 aliphatic heterocycles. The Labute approximate surface area is 135 Å². The number of fused-ring (bicyclic) bond motifs is 2. The van der Waals surface area contributed by atoms with Gasteiger partial charge in [-0.3, -0.25) is 4.57 Å². The number of hydrogen-bond acceptors (Lipinski definition) is 7. The Hall–Kier alpha value is -1.81. The maximum atomic E-state index is 11.5. The normalized spacial score (nSPS) is 32.3. The highest BCUT2D eigenvalue weighted by atomic mass is 35.5. The van der Waals surface area contributed by atoms with Gasteiger partial charge in [0, 0.05) is 0 Å². The van der Waals surface area contributed by atoms with Crippen molar-refractivity contribution in [3.8, 4) is 0 Å². The van der Waals surface area contributed by atoms with Gasteiger partial charge in [-0.1, -0.05) is 11.6 Å². The molecule has 122 valence electrons. The first kappa shape index (κ1) is 14.8. The van der Waals surface area contributed by atoms with Crippen molar-refractivity contribution >= 4 is 28.7 Å². The molecule has 0 saturated carbocycles. The van der Waals surface area contributed by atoms with E-state index in [2.05, 4.69) is 15.0 Å². The highest BCUT2D eigenvalue weighted by Crippen LogP contribution is 2.43. The maximum absolute atomic E-state index is 11.5. The van der Waals surface area contributed by atoms with Crippen molar-refractivity contribution in [3.05, 3.63) is 17.8 Å². The van der Waals surface area contributed by atoms with Crippen LogP contribution in [-0.2, 0) is 19.0 Å². The van der Waals surface area contributed by atoms with Crippen molar-refractivity contribution < 1.29 is 24.1 Å². The van der Waals surface area contributed by atoms with Gasteiger partial charge in [0.15, 0.2) is 28.9 Å². The molecule has 0 aliphatic carbocycles. The number of imidazole rings is 1. The van der Waals surface area contributed by atoms with Crippen LogP contribution in [0.3, 0.4) is 0 Å². The molecule has 2 saturated heterocycles. The topological polar surface area (TPSA) is 109 Å². The molecule has 4 heterocycles. The van der Waals surface area contributed by atoms with Gasteiger partial charge < -0.3 is 19.3 Å². The predicted octanol–water partition coefficient (Wildman–Crippen LogP) is 0.982. The van der Waals surface area contributed by atoms with Crippen molar-refractivity contribution in [1.29, 1.82) is 0 Å². The average molecular weight is 341 g/mol. The van der Waals surface area contributed by atoms with Gasteiger partial charge in [0.05, 0.1) is 6.33 Å². The van der Waals surface area contributed by atoms with Gasteiger partial charge in [-0.15, -0.1) is 0 Å². The first-order valence-electron chi connectivity index (χ1n) is 6.94. The number of hydrogen-bond donors (Lipinski definition) is 1. The quantitative estimate of drug-likeness (QED) is 0.806. The van der Waals surface area contributed by atoms with Crippen LogP contribution in [0.15, 0.2) is 12.7 Å². The largest absolute Gasteiger partial charge is 0.479 e. The van der Waals surface area contributed by atoms with E-state index in [0.717, 1.165) is 0 Å². The molecule has 1 unspecified atom stereocenters. The second-order valence-corrected chi connectivity index (χ2v) is 6.20. The van der Waals surface area contributed by atoms with Crippen LogP contribution in [0.5, 0.6) is 0 Å². The Kier molecular flexibility index (Phi) is 3.11. The number of aliphatic carboxylic acids is 1. The lowest BCUT2D eigenvalue weighted by Crippen LogP contribution is -2.35. The molecule has 2 aromatic rings. The molecule has 4 rings (SSSR count). The fraction of sp³-hybridized carbons (Fsp3) is 0.538. The van der Waals surface area contributed by atoms with Gasteiger partial charge in [-0.05, 0) is 13.8 Å². The zero-order chi connectivity index (χ0) is 16.4. The molecule has 4 atom stereocenters. The Morgan fingerprint density at radius 2 is 2.04 bits per heavy atom. The summed E-state index contributed by atoms with van der Waals surface area (Å²) >= 11 is 5.99. The zero-order valence-electron chi connectivity index (χ0n) is 12.2. The molecule has 23 heavy (non-hydrogen) atoms. The minimum Gasteiger partial charge on any atom is -0.479 e. The van der Waals surface area contributed by atoms with E-state index in [1.54, 1.807) is 18.4 Å². The second kappa shape index (κ2) is 4.84. The van der Waals surface area contributed by atoms with Crippen molar-refractivity contribution in [2.45, 2.75) is 44.2 Å². The molecular formula is C13H13ClN4O5. The minimum absolute atomic E-state index is 0.210. The summed E-state index contributed by atoms with van der Waals surface area (Å²) in [5, 5.41) is 9.58. The molecule has 0 aromatic carbocycles. The summed E-state index contributed by atoms with van der Waals surface area (Å²) in [6, 6.07) is 0. The Morgan fingerprint density at radius 1 is 1.30 bits per heavy atom. The SMILES string of the molecule is CC1(C)OC2[C@@H](C(=O)O)O[C@@H](n3cnc4c(Cl)ncnc43)[C@@H]2O1. The monoisotopic (exact) mass is 340 g/mol. The molecule has 0 bridgehead atoms. The number of nitrogens with zero attached hydrogens (tertiary/aromatic N) is 4. The molecule has 0 radical (unpaired) electrons. The van der Waals surface area contributed by atoms with Crippen LogP contribution in [0.4, 0.5) is 0 Å². The molecule has 1 N–H and O–H groups in total.